The Bertz CT molecular complexity index is 593. The van der Waals surface area contributed by atoms with E-state index >= 15 is 0 Å². The van der Waals surface area contributed by atoms with E-state index in [1.807, 2.05) is 31.2 Å². The Morgan fingerprint density at radius 2 is 1.68 bits per heavy atom. The summed E-state index contributed by atoms with van der Waals surface area (Å²) in [6.45, 7) is 6.26. The molecule has 0 saturated carbocycles. The van der Waals surface area contributed by atoms with Crippen molar-refractivity contribution in [3.8, 4) is 11.1 Å². The van der Waals surface area contributed by atoms with Gasteiger partial charge in [0.1, 0.15) is 6.33 Å². The molecule has 2 aromatic rings. The van der Waals surface area contributed by atoms with E-state index < -0.39 is 0 Å². The maximum absolute atomic E-state index is 11.9. The molecule has 4 nitrogen and oxygen atoms in total. The number of benzene rings is 1. The third-order valence-electron chi connectivity index (χ3n) is 3.63. The highest BCUT2D eigenvalue weighted by molar-refractivity contribution is 5.76. The van der Waals surface area contributed by atoms with E-state index in [2.05, 4.69) is 29.1 Å². The highest BCUT2D eigenvalue weighted by Gasteiger charge is 2.10. The SMILES string of the molecule is CC(C)CCC(=O)N[C@H](C)c1ccc(-c2cncnc2)cc1. The summed E-state index contributed by atoms with van der Waals surface area (Å²) in [5.74, 6) is 0.662. The van der Waals surface area contributed by atoms with Crippen LogP contribution in [0, 0.1) is 5.92 Å². The fourth-order valence-corrected chi connectivity index (χ4v) is 2.23. The molecule has 1 amide bonds. The molecule has 22 heavy (non-hydrogen) atoms. The van der Waals surface area contributed by atoms with Crippen LogP contribution in [0.3, 0.4) is 0 Å². The van der Waals surface area contributed by atoms with Crippen LogP contribution in [0.4, 0.5) is 0 Å². The fourth-order valence-electron chi connectivity index (χ4n) is 2.23. The number of hydrogen-bond donors (Lipinski definition) is 1. The van der Waals surface area contributed by atoms with Gasteiger partial charge in [-0.3, -0.25) is 4.79 Å². The summed E-state index contributed by atoms with van der Waals surface area (Å²) in [7, 11) is 0. The van der Waals surface area contributed by atoms with Crippen molar-refractivity contribution < 1.29 is 4.79 Å². The largest absolute Gasteiger partial charge is 0.350 e. The van der Waals surface area contributed by atoms with Gasteiger partial charge in [-0.2, -0.15) is 0 Å². The molecule has 116 valence electrons. The normalized spacial score (nSPS) is 12.2. The van der Waals surface area contributed by atoms with Gasteiger partial charge in [-0.15, -0.1) is 0 Å². The molecule has 0 aliphatic rings. The van der Waals surface area contributed by atoms with Gasteiger partial charge in [-0.25, -0.2) is 9.97 Å². The number of aromatic nitrogens is 2. The number of nitrogens with zero attached hydrogens (tertiary/aromatic N) is 2. The number of nitrogens with one attached hydrogen (secondary N) is 1. The first kappa shape index (κ1) is 16.1. The lowest BCUT2D eigenvalue weighted by Crippen LogP contribution is -2.26. The first-order valence-electron chi connectivity index (χ1n) is 7.71. The molecule has 0 unspecified atom stereocenters. The van der Waals surface area contributed by atoms with Gasteiger partial charge in [0.05, 0.1) is 6.04 Å². The Labute approximate surface area is 132 Å². The summed E-state index contributed by atoms with van der Waals surface area (Å²) in [6, 6.07) is 8.15. The van der Waals surface area contributed by atoms with E-state index in [-0.39, 0.29) is 11.9 Å². The van der Waals surface area contributed by atoms with Crippen LogP contribution in [0.5, 0.6) is 0 Å². The van der Waals surface area contributed by atoms with E-state index in [0.29, 0.717) is 12.3 Å². The maximum Gasteiger partial charge on any atom is 0.220 e. The molecule has 1 N–H and O–H groups in total. The van der Waals surface area contributed by atoms with Gasteiger partial charge in [-0.1, -0.05) is 38.1 Å². The Hall–Kier alpha value is -2.23. The number of amides is 1. The van der Waals surface area contributed by atoms with Crippen molar-refractivity contribution in [2.45, 2.75) is 39.7 Å². The molecule has 0 aliphatic carbocycles. The van der Waals surface area contributed by atoms with E-state index in [4.69, 9.17) is 0 Å². The Morgan fingerprint density at radius 3 is 2.27 bits per heavy atom. The summed E-state index contributed by atoms with van der Waals surface area (Å²) in [4.78, 5) is 19.9. The minimum Gasteiger partial charge on any atom is -0.350 e. The average molecular weight is 297 g/mol. The molecule has 1 heterocycles. The molecule has 0 aliphatic heterocycles. The van der Waals surface area contributed by atoms with Gasteiger partial charge in [0.2, 0.25) is 5.91 Å². The molecular formula is C18H23N3O. The molecule has 1 atom stereocenters. The van der Waals surface area contributed by atoms with Crippen molar-refractivity contribution in [3.05, 3.63) is 48.5 Å². The highest BCUT2D eigenvalue weighted by Crippen LogP contribution is 2.20. The van der Waals surface area contributed by atoms with Crippen molar-refractivity contribution in [1.29, 1.82) is 0 Å². The van der Waals surface area contributed by atoms with E-state index in [1.54, 1.807) is 12.4 Å². The lowest BCUT2D eigenvalue weighted by molar-refractivity contribution is -0.122. The Balaban J connectivity index is 1.96. The lowest BCUT2D eigenvalue weighted by atomic mass is 10.0. The number of rotatable bonds is 6. The van der Waals surface area contributed by atoms with Gasteiger partial charge < -0.3 is 5.32 Å². The molecule has 0 saturated heterocycles. The van der Waals surface area contributed by atoms with Crippen molar-refractivity contribution in [2.24, 2.45) is 5.92 Å². The number of hydrogen-bond acceptors (Lipinski definition) is 3. The highest BCUT2D eigenvalue weighted by atomic mass is 16.1. The van der Waals surface area contributed by atoms with Gasteiger partial charge in [0.15, 0.2) is 0 Å². The van der Waals surface area contributed by atoms with Crippen molar-refractivity contribution in [1.82, 2.24) is 15.3 Å². The molecule has 0 radical (unpaired) electrons. The molecule has 0 bridgehead atoms. The quantitative estimate of drug-likeness (QED) is 0.883. The van der Waals surface area contributed by atoms with Gasteiger partial charge >= 0.3 is 0 Å². The molecule has 0 fully saturated rings. The minimum atomic E-state index is 0.0146. The second-order valence-corrected chi connectivity index (χ2v) is 5.97. The third kappa shape index (κ3) is 4.65. The monoisotopic (exact) mass is 297 g/mol. The standard InChI is InChI=1S/C18H23N3O/c1-13(2)4-9-18(22)21-14(3)15-5-7-16(8-6-15)17-10-19-12-20-11-17/h5-8,10-14H,4,9H2,1-3H3,(H,21,22)/t14-/m1/s1. The minimum absolute atomic E-state index is 0.0146. The lowest BCUT2D eigenvalue weighted by Gasteiger charge is -2.15. The van der Waals surface area contributed by atoms with Crippen LogP contribution in [0.2, 0.25) is 0 Å². The van der Waals surface area contributed by atoms with Crippen molar-refractivity contribution in [3.63, 3.8) is 0 Å². The zero-order chi connectivity index (χ0) is 15.9. The van der Waals surface area contributed by atoms with E-state index in [0.717, 1.165) is 23.1 Å². The molecule has 2 rings (SSSR count). The van der Waals surface area contributed by atoms with Crippen LogP contribution in [0.25, 0.3) is 11.1 Å². The van der Waals surface area contributed by atoms with Crippen LogP contribution in [0.1, 0.15) is 45.2 Å². The number of carbonyl (C=O) groups is 1. The van der Waals surface area contributed by atoms with Crippen LogP contribution in [-0.4, -0.2) is 15.9 Å². The fraction of sp³-hybridized carbons (Fsp3) is 0.389. The summed E-state index contributed by atoms with van der Waals surface area (Å²) in [5, 5.41) is 3.05. The van der Waals surface area contributed by atoms with Gasteiger partial charge in [-0.05, 0) is 30.4 Å². The molecular weight excluding hydrogens is 274 g/mol. The van der Waals surface area contributed by atoms with E-state index in [9.17, 15) is 4.79 Å². The molecule has 4 heteroatoms. The smallest absolute Gasteiger partial charge is 0.220 e. The zero-order valence-electron chi connectivity index (χ0n) is 13.4. The first-order valence-corrected chi connectivity index (χ1v) is 7.71. The molecule has 0 spiro atoms. The second-order valence-electron chi connectivity index (χ2n) is 5.97. The Morgan fingerprint density at radius 1 is 1.05 bits per heavy atom. The third-order valence-corrected chi connectivity index (χ3v) is 3.63. The summed E-state index contributed by atoms with van der Waals surface area (Å²) < 4.78 is 0. The molecule has 1 aromatic heterocycles. The topological polar surface area (TPSA) is 54.9 Å². The molecule has 1 aromatic carbocycles. The van der Waals surface area contributed by atoms with Crippen LogP contribution >= 0.6 is 0 Å². The van der Waals surface area contributed by atoms with Crippen molar-refractivity contribution >= 4 is 5.91 Å². The Kier molecular flexibility index (Phi) is 5.64. The summed E-state index contributed by atoms with van der Waals surface area (Å²) in [5.41, 5.74) is 3.16. The predicted molar refractivity (Wildman–Crippen MR) is 88.1 cm³/mol. The predicted octanol–water partition coefficient (Wildman–Crippen LogP) is 3.76. The van der Waals surface area contributed by atoms with Gasteiger partial charge in [0, 0.05) is 24.4 Å². The van der Waals surface area contributed by atoms with Crippen LogP contribution in [-0.2, 0) is 4.79 Å². The zero-order valence-corrected chi connectivity index (χ0v) is 13.4. The second kappa shape index (κ2) is 7.69. The van der Waals surface area contributed by atoms with Crippen molar-refractivity contribution in [2.75, 3.05) is 0 Å². The van der Waals surface area contributed by atoms with Gasteiger partial charge in [0.25, 0.3) is 0 Å². The average Bonchev–Trinajstić information content (AvgIpc) is 2.54. The van der Waals surface area contributed by atoms with Crippen LogP contribution in [0.15, 0.2) is 43.0 Å². The number of carbonyl (C=O) groups excluding carboxylic acids is 1. The first-order chi connectivity index (χ1) is 10.6. The maximum atomic E-state index is 11.9. The summed E-state index contributed by atoms with van der Waals surface area (Å²) >= 11 is 0. The van der Waals surface area contributed by atoms with E-state index in [1.165, 1.54) is 6.33 Å². The summed E-state index contributed by atoms with van der Waals surface area (Å²) in [6.07, 6.45) is 6.61. The van der Waals surface area contributed by atoms with Crippen LogP contribution < -0.4 is 5.32 Å².